The normalized spacial score (nSPS) is 16.8. The highest BCUT2D eigenvalue weighted by atomic mass is 16.2. The van der Waals surface area contributed by atoms with Crippen molar-refractivity contribution >= 4 is 28.5 Å². The summed E-state index contributed by atoms with van der Waals surface area (Å²) < 4.78 is 1.24. The van der Waals surface area contributed by atoms with Gasteiger partial charge in [0.15, 0.2) is 5.69 Å². The van der Waals surface area contributed by atoms with E-state index in [9.17, 15) is 19.2 Å². The van der Waals surface area contributed by atoms with E-state index in [1.807, 2.05) is 37.3 Å². The minimum atomic E-state index is -0.641. The highest BCUT2D eigenvalue weighted by molar-refractivity contribution is 6.05. The average molecular weight is 447 g/mol. The molecule has 3 aromatic rings. The first-order chi connectivity index (χ1) is 15.9. The predicted octanol–water partition coefficient (Wildman–Crippen LogP) is 1.37. The van der Waals surface area contributed by atoms with Crippen LogP contribution in [0.1, 0.15) is 35.8 Å². The molecule has 2 aromatic carbocycles. The highest BCUT2D eigenvalue weighted by Crippen LogP contribution is 2.37. The van der Waals surface area contributed by atoms with E-state index in [2.05, 4.69) is 21.3 Å². The van der Waals surface area contributed by atoms with Crippen LogP contribution >= 0.6 is 0 Å². The van der Waals surface area contributed by atoms with E-state index in [0.29, 0.717) is 16.7 Å². The lowest BCUT2D eigenvalue weighted by Gasteiger charge is -2.12. The van der Waals surface area contributed by atoms with Gasteiger partial charge in [0, 0.05) is 24.3 Å². The van der Waals surface area contributed by atoms with Gasteiger partial charge in [0.1, 0.15) is 0 Å². The summed E-state index contributed by atoms with van der Waals surface area (Å²) in [6.45, 7) is 2.40. The Morgan fingerprint density at radius 3 is 2.36 bits per heavy atom. The Bertz CT molecular complexity index is 1250. The topological polar surface area (TPSA) is 122 Å². The van der Waals surface area contributed by atoms with Gasteiger partial charge in [-0.2, -0.15) is 5.10 Å². The average Bonchev–Trinajstić information content (AvgIpc) is 3.56. The van der Waals surface area contributed by atoms with Gasteiger partial charge in [-0.3, -0.25) is 30.0 Å². The third-order valence-corrected chi connectivity index (χ3v) is 5.67. The second kappa shape index (κ2) is 9.64. The summed E-state index contributed by atoms with van der Waals surface area (Å²) in [7, 11) is 0. The number of amides is 3. The largest absolute Gasteiger partial charge is 0.355 e. The SMILES string of the molecule is CC1CC1C(=O)NCCC(=O)NNC(=O)c1nn(Cc2ccccc2)c(=O)c2ccccc12. The molecule has 4 rings (SSSR count). The second-order valence-electron chi connectivity index (χ2n) is 8.21. The Hall–Kier alpha value is -4.01. The van der Waals surface area contributed by atoms with Crippen LogP contribution in [0.25, 0.3) is 10.8 Å². The fourth-order valence-electron chi connectivity index (χ4n) is 3.63. The molecule has 0 saturated heterocycles. The summed E-state index contributed by atoms with van der Waals surface area (Å²) in [5.41, 5.74) is 5.27. The molecule has 9 nitrogen and oxygen atoms in total. The Morgan fingerprint density at radius 1 is 1.00 bits per heavy atom. The molecule has 0 spiro atoms. The van der Waals surface area contributed by atoms with Crippen molar-refractivity contribution in [2.45, 2.75) is 26.3 Å². The van der Waals surface area contributed by atoms with Gasteiger partial charge < -0.3 is 5.32 Å². The maximum atomic E-state index is 12.9. The number of hydrogen-bond acceptors (Lipinski definition) is 5. The minimum Gasteiger partial charge on any atom is -0.355 e. The van der Waals surface area contributed by atoms with Crippen molar-refractivity contribution in [1.82, 2.24) is 25.9 Å². The number of hydrazine groups is 1. The number of rotatable bonds is 7. The Balaban J connectivity index is 1.43. The smallest absolute Gasteiger partial charge is 0.290 e. The predicted molar refractivity (Wildman–Crippen MR) is 122 cm³/mol. The molecule has 170 valence electrons. The molecular formula is C24H25N5O4. The molecule has 9 heteroatoms. The van der Waals surface area contributed by atoms with Crippen LogP contribution in [0.5, 0.6) is 0 Å². The lowest BCUT2D eigenvalue weighted by atomic mass is 10.1. The third kappa shape index (κ3) is 5.25. The molecule has 3 amide bonds. The summed E-state index contributed by atoms with van der Waals surface area (Å²) >= 11 is 0. The van der Waals surface area contributed by atoms with Crippen molar-refractivity contribution in [3.63, 3.8) is 0 Å². The van der Waals surface area contributed by atoms with Gasteiger partial charge in [0.25, 0.3) is 11.5 Å². The number of carbonyl (C=O) groups is 3. The monoisotopic (exact) mass is 447 g/mol. The Labute approximate surface area is 190 Å². The van der Waals surface area contributed by atoms with E-state index < -0.39 is 11.8 Å². The first kappa shape index (κ1) is 22.2. The molecule has 1 fully saturated rings. The van der Waals surface area contributed by atoms with E-state index in [0.717, 1.165) is 12.0 Å². The highest BCUT2D eigenvalue weighted by Gasteiger charge is 2.38. The van der Waals surface area contributed by atoms with Gasteiger partial charge in [-0.05, 0) is 24.0 Å². The molecule has 0 bridgehead atoms. The molecule has 0 radical (unpaired) electrons. The number of hydrogen-bond donors (Lipinski definition) is 3. The molecule has 2 unspecified atom stereocenters. The van der Waals surface area contributed by atoms with Crippen molar-refractivity contribution in [2.24, 2.45) is 11.8 Å². The minimum absolute atomic E-state index is 0.0226. The molecule has 33 heavy (non-hydrogen) atoms. The van der Waals surface area contributed by atoms with Gasteiger partial charge in [-0.1, -0.05) is 55.5 Å². The molecule has 1 aliphatic carbocycles. The Kier molecular flexibility index (Phi) is 6.48. The number of aromatic nitrogens is 2. The first-order valence-electron chi connectivity index (χ1n) is 10.8. The van der Waals surface area contributed by atoms with Gasteiger partial charge in [-0.25, -0.2) is 4.68 Å². The molecule has 1 aromatic heterocycles. The number of fused-ring (bicyclic) bond motifs is 1. The molecule has 1 aliphatic rings. The first-order valence-corrected chi connectivity index (χ1v) is 10.8. The van der Waals surface area contributed by atoms with E-state index >= 15 is 0 Å². The number of nitrogens with one attached hydrogen (secondary N) is 3. The second-order valence-corrected chi connectivity index (χ2v) is 8.21. The van der Waals surface area contributed by atoms with Crippen LogP contribution in [0, 0.1) is 11.8 Å². The summed E-state index contributed by atoms with van der Waals surface area (Å²) in [5.74, 6) is -0.702. The number of benzene rings is 2. The Morgan fingerprint density at radius 2 is 1.67 bits per heavy atom. The van der Waals surface area contributed by atoms with E-state index in [4.69, 9.17) is 0 Å². The summed E-state index contributed by atoms with van der Waals surface area (Å²) in [4.78, 5) is 49.6. The summed E-state index contributed by atoms with van der Waals surface area (Å²) in [6.07, 6.45) is 0.899. The van der Waals surface area contributed by atoms with Gasteiger partial charge in [0.05, 0.1) is 11.9 Å². The van der Waals surface area contributed by atoms with Gasteiger partial charge in [0.2, 0.25) is 11.8 Å². The summed E-state index contributed by atoms with van der Waals surface area (Å²) in [6, 6.07) is 16.0. The molecule has 2 atom stereocenters. The zero-order chi connectivity index (χ0) is 23.4. The molecule has 1 saturated carbocycles. The maximum absolute atomic E-state index is 12.9. The number of nitrogens with zero attached hydrogens (tertiary/aromatic N) is 2. The lowest BCUT2D eigenvalue weighted by Crippen LogP contribution is -2.44. The van der Waals surface area contributed by atoms with Crippen molar-refractivity contribution < 1.29 is 14.4 Å². The zero-order valence-corrected chi connectivity index (χ0v) is 18.2. The van der Waals surface area contributed by atoms with Crippen molar-refractivity contribution in [1.29, 1.82) is 0 Å². The van der Waals surface area contributed by atoms with Crippen LogP contribution in [-0.4, -0.2) is 34.0 Å². The van der Waals surface area contributed by atoms with Crippen LogP contribution in [0.15, 0.2) is 59.4 Å². The van der Waals surface area contributed by atoms with E-state index in [1.165, 1.54) is 4.68 Å². The van der Waals surface area contributed by atoms with Gasteiger partial charge >= 0.3 is 0 Å². The van der Waals surface area contributed by atoms with Crippen LogP contribution in [-0.2, 0) is 16.1 Å². The molecule has 1 heterocycles. The van der Waals surface area contributed by atoms with Crippen molar-refractivity contribution in [3.8, 4) is 0 Å². The molecule has 3 N–H and O–H groups in total. The van der Waals surface area contributed by atoms with Gasteiger partial charge in [-0.15, -0.1) is 0 Å². The number of carbonyl (C=O) groups excluding carboxylic acids is 3. The molecular weight excluding hydrogens is 422 g/mol. The third-order valence-electron chi connectivity index (χ3n) is 5.67. The molecule has 0 aliphatic heterocycles. The van der Waals surface area contributed by atoms with Crippen LogP contribution in [0.2, 0.25) is 0 Å². The van der Waals surface area contributed by atoms with Crippen LogP contribution in [0.4, 0.5) is 0 Å². The maximum Gasteiger partial charge on any atom is 0.290 e. The van der Waals surface area contributed by atoms with E-state index in [-0.39, 0.29) is 42.6 Å². The van der Waals surface area contributed by atoms with Crippen LogP contribution < -0.4 is 21.7 Å². The zero-order valence-electron chi connectivity index (χ0n) is 18.2. The summed E-state index contributed by atoms with van der Waals surface area (Å²) in [5, 5.41) is 7.75. The quantitative estimate of drug-likeness (QED) is 0.472. The lowest BCUT2D eigenvalue weighted by molar-refractivity contribution is -0.123. The van der Waals surface area contributed by atoms with Crippen LogP contribution in [0.3, 0.4) is 0 Å². The standard InChI is InChI=1S/C24H25N5O4/c1-15-13-19(15)22(31)25-12-11-20(30)26-27-23(32)21-17-9-5-6-10-18(17)24(33)29(28-21)14-16-7-3-2-4-8-16/h2-10,15,19H,11-14H2,1H3,(H,25,31)(H,26,30)(H,27,32). The fourth-order valence-corrected chi connectivity index (χ4v) is 3.63. The van der Waals surface area contributed by atoms with Crippen molar-refractivity contribution in [3.05, 3.63) is 76.2 Å². The van der Waals surface area contributed by atoms with E-state index in [1.54, 1.807) is 24.3 Å². The fraction of sp³-hybridized carbons (Fsp3) is 0.292. The van der Waals surface area contributed by atoms with Crippen molar-refractivity contribution in [2.75, 3.05) is 6.54 Å².